The summed E-state index contributed by atoms with van der Waals surface area (Å²) in [5.74, 6) is 0.544. The third kappa shape index (κ3) is 2.74. The van der Waals surface area contributed by atoms with E-state index in [2.05, 4.69) is 20.4 Å². The van der Waals surface area contributed by atoms with Crippen molar-refractivity contribution in [2.45, 2.75) is 19.9 Å². The lowest BCUT2D eigenvalue weighted by molar-refractivity contribution is 0.0950. The van der Waals surface area contributed by atoms with Crippen LogP contribution >= 0.6 is 0 Å². The van der Waals surface area contributed by atoms with Crippen LogP contribution < -0.4 is 5.32 Å². The van der Waals surface area contributed by atoms with Gasteiger partial charge in [-0.25, -0.2) is 14.5 Å². The maximum Gasteiger partial charge on any atom is 0.254 e. The maximum atomic E-state index is 12.1. The van der Waals surface area contributed by atoms with Gasteiger partial charge in [-0.3, -0.25) is 4.79 Å². The number of aryl methyl sites for hydroxylation is 1. The van der Waals surface area contributed by atoms with Crippen molar-refractivity contribution in [3.05, 3.63) is 59.9 Å². The third-order valence-corrected chi connectivity index (χ3v) is 3.23. The van der Waals surface area contributed by atoms with Crippen LogP contribution in [0.3, 0.4) is 0 Å². The Balaban J connectivity index is 1.70. The number of hydrogen-bond donors (Lipinski definition) is 1. The monoisotopic (exact) mass is 281 g/mol. The molecule has 0 fully saturated rings. The number of pyridine rings is 1. The van der Waals surface area contributed by atoms with E-state index in [0.717, 1.165) is 23.3 Å². The highest BCUT2D eigenvalue weighted by molar-refractivity contribution is 5.93. The Bertz CT molecular complexity index is 763. The van der Waals surface area contributed by atoms with Crippen LogP contribution in [-0.4, -0.2) is 25.5 Å². The third-order valence-electron chi connectivity index (χ3n) is 3.23. The van der Waals surface area contributed by atoms with Crippen LogP contribution in [0.1, 0.15) is 28.7 Å². The molecular weight excluding hydrogens is 266 g/mol. The van der Waals surface area contributed by atoms with Gasteiger partial charge >= 0.3 is 0 Å². The van der Waals surface area contributed by atoms with Crippen LogP contribution in [0.25, 0.3) is 5.52 Å². The molecule has 0 radical (unpaired) electrons. The fourth-order valence-electron chi connectivity index (χ4n) is 2.06. The molecule has 0 aliphatic heterocycles. The topological polar surface area (TPSA) is 72.2 Å². The minimum absolute atomic E-state index is 0.187. The molecule has 0 saturated carbocycles. The minimum atomic E-state index is -0.187. The van der Waals surface area contributed by atoms with Gasteiger partial charge in [0.15, 0.2) is 0 Å². The van der Waals surface area contributed by atoms with Gasteiger partial charge in [0.1, 0.15) is 5.82 Å². The van der Waals surface area contributed by atoms with Gasteiger partial charge in [-0.2, -0.15) is 5.10 Å². The molecule has 0 unspecified atom stereocenters. The molecule has 3 aromatic heterocycles. The number of hydrogen-bond acceptors (Lipinski definition) is 4. The van der Waals surface area contributed by atoms with Crippen LogP contribution in [0.15, 0.2) is 43.0 Å². The van der Waals surface area contributed by atoms with E-state index < -0.39 is 0 Å². The van der Waals surface area contributed by atoms with E-state index in [0.29, 0.717) is 12.1 Å². The molecule has 0 aromatic carbocycles. The molecule has 0 aliphatic carbocycles. The second-order valence-corrected chi connectivity index (χ2v) is 4.62. The lowest BCUT2D eigenvalue weighted by Gasteiger charge is -2.04. The molecule has 3 rings (SSSR count). The number of amides is 1. The predicted molar refractivity (Wildman–Crippen MR) is 77.8 cm³/mol. The van der Waals surface area contributed by atoms with E-state index in [9.17, 15) is 4.79 Å². The smallest absolute Gasteiger partial charge is 0.254 e. The molecule has 3 heterocycles. The van der Waals surface area contributed by atoms with Gasteiger partial charge in [-0.05, 0) is 12.1 Å². The van der Waals surface area contributed by atoms with Gasteiger partial charge < -0.3 is 5.32 Å². The van der Waals surface area contributed by atoms with Gasteiger partial charge in [0.2, 0.25) is 0 Å². The average molecular weight is 281 g/mol. The fourth-order valence-corrected chi connectivity index (χ4v) is 2.06. The molecule has 0 saturated heterocycles. The number of nitrogens with zero attached hydrogens (tertiary/aromatic N) is 4. The molecule has 0 spiro atoms. The Morgan fingerprint density at radius 2 is 2.05 bits per heavy atom. The van der Waals surface area contributed by atoms with Crippen molar-refractivity contribution < 1.29 is 4.79 Å². The summed E-state index contributed by atoms with van der Waals surface area (Å²) >= 11 is 0. The summed E-state index contributed by atoms with van der Waals surface area (Å²) in [6.07, 6.45) is 7.49. The van der Waals surface area contributed by atoms with Crippen molar-refractivity contribution in [3.63, 3.8) is 0 Å². The van der Waals surface area contributed by atoms with Gasteiger partial charge in [-0.1, -0.05) is 13.0 Å². The number of aromatic nitrogens is 4. The van der Waals surface area contributed by atoms with Crippen LogP contribution in [0.4, 0.5) is 0 Å². The maximum absolute atomic E-state index is 12.1. The van der Waals surface area contributed by atoms with Crippen LogP contribution in [0, 0.1) is 0 Å². The quantitative estimate of drug-likeness (QED) is 0.788. The van der Waals surface area contributed by atoms with Crippen molar-refractivity contribution in [1.82, 2.24) is 24.9 Å². The molecule has 6 heteroatoms. The summed E-state index contributed by atoms with van der Waals surface area (Å²) in [6.45, 7) is 2.39. The molecule has 6 nitrogen and oxygen atoms in total. The molecule has 21 heavy (non-hydrogen) atoms. The highest BCUT2D eigenvalue weighted by atomic mass is 16.1. The zero-order valence-corrected chi connectivity index (χ0v) is 11.7. The summed E-state index contributed by atoms with van der Waals surface area (Å²) in [4.78, 5) is 20.3. The van der Waals surface area contributed by atoms with Gasteiger partial charge in [-0.15, -0.1) is 0 Å². The molecule has 106 valence electrons. The Kier molecular flexibility index (Phi) is 3.59. The van der Waals surface area contributed by atoms with E-state index in [1.165, 1.54) is 0 Å². The first-order chi connectivity index (χ1) is 10.3. The Morgan fingerprint density at radius 1 is 1.24 bits per heavy atom. The van der Waals surface area contributed by atoms with Crippen molar-refractivity contribution in [3.8, 4) is 0 Å². The standard InChI is InChI=1S/C15H15N5O/c1-2-14-16-8-12(9-17-14)15(21)18-7-11-10-19-20-6-4-3-5-13(11)20/h3-6,8-10H,2,7H2,1H3,(H,18,21). The molecule has 0 atom stereocenters. The zero-order chi connectivity index (χ0) is 14.7. The molecular formula is C15H15N5O. The van der Waals surface area contributed by atoms with E-state index in [-0.39, 0.29) is 5.91 Å². The van der Waals surface area contributed by atoms with Gasteiger partial charge in [0.05, 0.1) is 17.3 Å². The van der Waals surface area contributed by atoms with Crippen molar-refractivity contribution in [1.29, 1.82) is 0 Å². The lowest BCUT2D eigenvalue weighted by atomic mass is 10.2. The summed E-state index contributed by atoms with van der Waals surface area (Å²) in [5, 5.41) is 7.09. The Morgan fingerprint density at radius 3 is 2.81 bits per heavy atom. The van der Waals surface area contributed by atoms with E-state index in [4.69, 9.17) is 0 Å². The van der Waals surface area contributed by atoms with E-state index >= 15 is 0 Å². The van der Waals surface area contributed by atoms with Gasteiger partial charge in [0, 0.05) is 37.1 Å². The highest BCUT2D eigenvalue weighted by Crippen LogP contribution is 2.09. The number of carbonyl (C=O) groups excluding carboxylic acids is 1. The van der Waals surface area contributed by atoms with E-state index in [1.54, 1.807) is 23.1 Å². The summed E-state index contributed by atoms with van der Waals surface area (Å²) in [5.41, 5.74) is 2.41. The highest BCUT2D eigenvalue weighted by Gasteiger charge is 2.09. The van der Waals surface area contributed by atoms with Crippen molar-refractivity contribution >= 4 is 11.4 Å². The first-order valence-corrected chi connectivity index (χ1v) is 6.78. The number of rotatable bonds is 4. The fraction of sp³-hybridized carbons (Fsp3) is 0.200. The van der Waals surface area contributed by atoms with E-state index in [1.807, 2.05) is 31.3 Å². The molecule has 3 aromatic rings. The SMILES string of the molecule is CCc1ncc(C(=O)NCc2cnn3ccccc23)cn1. The molecule has 0 aliphatic rings. The number of fused-ring (bicyclic) bond motifs is 1. The first kappa shape index (κ1) is 13.2. The summed E-state index contributed by atoms with van der Waals surface area (Å²) in [6, 6.07) is 5.82. The molecule has 0 bridgehead atoms. The normalized spacial score (nSPS) is 10.7. The predicted octanol–water partition coefficient (Wildman–Crippen LogP) is 1.62. The largest absolute Gasteiger partial charge is 0.348 e. The van der Waals surface area contributed by atoms with Gasteiger partial charge in [0.25, 0.3) is 5.91 Å². The number of nitrogens with one attached hydrogen (secondary N) is 1. The van der Waals surface area contributed by atoms with Crippen LogP contribution in [0.5, 0.6) is 0 Å². The van der Waals surface area contributed by atoms with Crippen LogP contribution in [0.2, 0.25) is 0 Å². The molecule has 1 amide bonds. The number of carbonyl (C=O) groups is 1. The Hall–Kier alpha value is -2.76. The lowest BCUT2D eigenvalue weighted by Crippen LogP contribution is -2.23. The van der Waals surface area contributed by atoms with Crippen molar-refractivity contribution in [2.75, 3.05) is 0 Å². The first-order valence-electron chi connectivity index (χ1n) is 6.78. The second-order valence-electron chi connectivity index (χ2n) is 4.62. The van der Waals surface area contributed by atoms with Crippen LogP contribution in [-0.2, 0) is 13.0 Å². The summed E-state index contributed by atoms with van der Waals surface area (Å²) in [7, 11) is 0. The zero-order valence-electron chi connectivity index (χ0n) is 11.7. The summed E-state index contributed by atoms with van der Waals surface area (Å²) < 4.78 is 1.78. The molecule has 1 N–H and O–H groups in total. The van der Waals surface area contributed by atoms with Crippen molar-refractivity contribution in [2.24, 2.45) is 0 Å². The minimum Gasteiger partial charge on any atom is -0.348 e. The Labute approximate surface area is 121 Å². The second kappa shape index (κ2) is 5.70. The average Bonchev–Trinajstić information content (AvgIpc) is 2.96.